The molecule has 0 heterocycles. The first-order chi connectivity index (χ1) is 8.29. The molecule has 1 atom stereocenters. The van der Waals surface area contributed by atoms with Gasteiger partial charge in [0.05, 0.1) is 0 Å². The van der Waals surface area contributed by atoms with Crippen LogP contribution in [0.4, 0.5) is 0 Å². The number of ether oxygens (including phenoxy) is 2. The molecule has 1 rings (SSSR count). The lowest BCUT2D eigenvalue weighted by molar-refractivity contribution is -0.166. The molecule has 0 bridgehead atoms. The molecule has 1 saturated carbocycles. The second kappa shape index (κ2) is 6.18. The van der Waals surface area contributed by atoms with E-state index in [-0.39, 0.29) is 6.10 Å². The summed E-state index contributed by atoms with van der Waals surface area (Å²) in [6.45, 7) is 5.18. The van der Waals surface area contributed by atoms with Gasteiger partial charge in [0.25, 0.3) is 0 Å². The Hall–Kier alpha value is -1.10. The van der Waals surface area contributed by atoms with Gasteiger partial charge in [-0.05, 0) is 46.5 Å². The number of carbonyl (C=O) groups excluding carboxylic acids is 2. The van der Waals surface area contributed by atoms with Gasteiger partial charge in [-0.25, -0.2) is 9.59 Å². The van der Waals surface area contributed by atoms with Gasteiger partial charge in [0.15, 0.2) is 0 Å². The van der Waals surface area contributed by atoms with Gasteiger partial charge < -0.3 is 15.2 Å². The Morgan fingerprint density at radius 2 is 1.67 bits per heavy atom. The van der Waals surface area contributed by atoms with Crippen molar-refractivity contribution in [2.75, 3.05) is 0 Å². The zero-order valence-corrected chi connectivity index (χ0v) is 11.4. The lowest BCUT2D eigenvalue weighted by atomic mass is 9.98. The molecule has 0 aromatic heterocycles. The van der Waals surface area contributed by atoms with E-state index in [2.05, 4.69) is 0 Å². The van der Waals surface area contributed by atoms with Crippen LogP contribution in [0.3, 0.4) is 0 Å². The van der Waals surface area contributed by atoms with Crippen molar-refractivity contribution in [1.82, 2.24) is 0 Å². The maximum absolute atomic E-state index is 11.7. The molecule has 0 aromatic rings. The van der Waals surface area contributed by atoms with E-state index in [4.69, 9.17) is 15.2 Å². The number of hydrogen-bond donors (Lipinski definition) is 1. The predicted octanol–water partition coefficient (Wildman–Crippen LogP) is 1.53. The van der Waals surface area contributed by atoms with E-state index in [1.807, 2.05) is 0 Å². The summed E-state index contributed by atoms with van der Waals surface area (Å²) in [5.41, 5.74) is 4.88. The summed E-state index contributed by atoms with van der Waals surface area (Å²) in [6.07, 6.45) is 4.89. The molecule has 5 heteroatoms. The predicted molar refractivity (Wildman–Crippen MR) is 66.8 cm³/mol. The average molecular weight is 257 g/mol. The molecular weight excluding hydrogens is 234 g/mol. The molecule has 2 N–H and O–H groups in total. The fraction of sp³-hybridized carbons (Fsp3) is 0.846. The summed E-state index contributed by atoms with van der Waals surface area (Å²) in [4.78, 5) is 23.3. The Kier molecular flexibility index (Phi) is 5.14. The first-order valence-corrected chi connectivity index (χ1v) is 6.48. The van der Waals surface area contributed by atoms with E-state index in [1.54, 1.807) is 20.8 Å². The second-order valence-electron chi connectivity index (χ2n) is 5.71. The molecule has 1 unspecified atom stereocenters. The van der Waals surface area contributed by atoms with E-state index in [0.29, 0.717) is 0 Å². The summed E-state index contributed by atoms with van der Waals surface area (Å²) in [6, 6.07) is -1.34. The van der Waals surface area contributed by atoms with Crippen LogP contribution in [-0.4, -0.2) is 29.7 Å². The van der Waals surface area contributed by atoms with E-state index >= 15 is 0 Å². The molecule has 5 nitrogen and oxygen atoms in total. The van der Waals surface area contributed by atoms with Crippen LogP contribution in [0.1, 0.15) is 52.9 Å². The van der Waals surface area contributed by atoms with Crippen molar-refractivity contribution in [2.24, 2.45) is 5.73 Å². The molecule has 0 aliphatic heterocycles. The summed E-state index contributed by atoms with van der Waals surface area (Å²) < 4.78 is 10.3. The van der Waals surface area contributed by atoms with Gasteiger partial charge in [-0.3, -0.25) is 0 Å². The summed E-state index contributed by atoms with van der Waals surface area (Å²) in [5.74, 6) is -1.42. The summed E-state index contributed by atoms with van der Waals surface area (Å²) >= 11 is 0. The van der Waals surface area contributed by atoms with Gasteiger partial charge in [-0.15, -0.1) is 0 Å². The quantitative estimate of drug-likeness (QED) is 0.612. The number of rotatable bonds is 3. The third-order valence-electron chi connectivity index (χ3n) is 2.75. The molecule has 0 saturated heterocycles. The lowest BCUT2D eigenvalue weighted by Gasteiger charge is -2.25. The largest absolute Gasteiger partial charge is 0.461 e. The van der Waals surface area contributed by atoms with Crippen molar-refractivity contribution in [3.05, 3.63) is 0 Å². The Morgan fingerprint density at radius 3 is 2.17 bits per heavy atom. The van der Waals surface area contributed by atoms with Crippen LogP contribution in [0.2, 0.25) is 0 Å². The monoisotopic (exact) mass is 257 g/mol. The minimum atomic E-state index is -1.34. The zero-order chi connectivity index (χ0) is 13.8. The maximum Gasteiger partial charge on any atom is 0.335 e. The minimum absolute atomic E-state index is 0.0975. The fourth-order valence-corrected chi connectivity index (χ4v) is 1.88. The van der Waals surface area contributed by atoms with Crippen LogP contribution in [0.25, 0.3) is 0 Å². The molecule has 0 amide bonds. The standard InChI is InChI=1S/C13H23NO4/c1-13(2,3)18-12(16)10(14)11(15)17-9-7-5-4-6-8-9/h9-10H,4-8,14H2,1-3H3. The molecule has 0 aromatic carbocycles. The Bertz CT molecular complexity index is 303. The third kappa shape index (κ3) is 5.04. The van der Waals surface area contributed by atoms with Gasteiger partial charge in [0.1, 0.15) is 11.7 Å². The fourth-order valence-electron chi connectivity index (χ4n) is 1.88. The highest BCUT2D eigenvalue weighted by molar-refractivity contribution is 5.99. The van der Waals surface area contributed by atoms with Crippen LogP contribution < -0.4 is 5.73 Å². The first-order valence-electron chi connectivity index (χ1n) is 6.48. The maximum atomic E-state index is 11.7. The Morgan fingerprint density at radius 1 is 1.11 bits per heavy atom. The van der Waals surface area contributed by atoms with Crippen molar-refractivity contribution in [2.45, 2.75) is 70.6 Å². The van der Waals surface area contributed by atoms with Gasteiger partial charge >= 0.3 is 11.9 Å². The van der Waals surface area contributed by atoms with Crippen molar-refractivity contribution in [1.29, 1.82) is 0 Å². The SMILES string of the molecule is CC(C)(C)OC(=O)C(N)C(=O)OC1CCCCC1. The van der Waals surface area contributed by atoms with E-state index in [1.165, 1.54) is 6.42 Å². The number of esters is 2. The van der Waals surface area contributed by atoms with E-state index < -0.39 is 23.6 Å². The molecule has 0 spiro atoms. The number of nitrogens with two attached hydrogens (primary N) is 1. The minimum Gasteiger partial charge on any atom is -0.461 e. The topological polar surface area (TPSA) is 78.6 Å². The van der Waals surface area contributed by atoms with Gasteiger partial charge in [0.2, 0.25) is 6.04 Å². The van der Waals surface area contributed by atoms with Crippen LogP contribution in [-0.2, 0) is 19.1 Å². The van der Waals surface area contributed by atoms with Crippen molar-refractivity contribution in [3.8, 4) is 0 Å². The van der Waals surface area contributed by atoms with Gasteiger partial charge in [-0.2, -0.15) is 0 Å². The molecule has 104 valence electrons. The average Bonchev–Trinajstić information content (AvgIpc) is 2.27. The zero-order valence-electron chi connectivity index (χ0n) is 11.4. The van der Waals surface area contributed by atoms with Crippen molar-refractivity contribution < 1.29 is 19.1 Å². The van der Waals surface area contributed by atoms with Crippen molar-refractivity contribution in [3.63, 3.8) is 0 Å². The smallest absolute Gasteiger partial charge is 0.335 e. The number of carbonyl (C=O) groups is 2. The van der Waals surface area contributed by atoms with E-state index in [9.17, 15) is 9.59 Å². The van der Waals surface area contributed by atoms with Crippen LogP contribution in [0.5, 0.6) is 0 Å². The molecule has 1 fully saturated rings. The molecular formula is C13H23NO4. The normalized spacial score (nSPS) is 19.1. The highest BCUT2D eigenvalue weighted by Gasteiger charge is 2.31. The van der Waals surface area contributed by atoms with Crippen LogP contribution >= 0.6 is 0 Å². The molecule has 1 aliphatic rings. The third-order valence-corrected chi connectivity index (χ3v) is 2.75. The molecule has 1 aliphatic carbocycles. The van der Waals surface area contributed by atoms with Gasteiger partial charge in [-0.1, -0.05) is 6.42 Å². The van der Waals surface area contributed by atoms with Crippen LogP contribution in [0, 0.1) is 0 Å². The van der Waals surface area contributed by atoms with E-state index in [0.717, 1.165) is 25.7 Å². The Balaban J connectivity index is 2.42. The van der Waals surface area contributed by atoms with Gasteiger partial charge in [0, 0.05) is 0 Å². The lowest BCUT2D eigenvalue weighted by Crippen LogP contribution is -2.45. The summed E-state index contributed by atoms with van der Waals surface area (Å²) in [5, 5.41) is 0. The van der Waals surface area contributed by atoms with Crippen LogP contribution in [0.15, 0.2) is 0 Å². The first kappa shape index (κ1) is 15.0. The highest BCUT2D eigenvalue weighted by Crippen LogP contribution is 2.20. The Labute approximate surface area is 108 Å². The summed E-state index contributed by atoms with van der Waals surface area (Å²) in [7, 11) is 0. The molecule has 18 heavy (non-hydrogen) atoms. The second-order valence-corrected chi connectivity index (χ2v) is 5.71. The highest BCUT2D eigenvalue weighted by atomic mass is 16.6. The van der Waals surface area contributed by atoms with Crippen molar-refractivity contribution >= 4 is 11.9 Å². The molecule has 0 radical (unpaired) electrons. The number of hydrogen-bond acceptors (Lipinski definition) is 5.